The zero-order valence-electron chi connectivity index (χ0n) is 10.2. The first-order valence-electron chi connectivity index (χ1n) is 5.59. The minimum atomic E-state index is 0.996. The number of hydrogen-bond acceptors (Lipinski definition) is 4. The van der Waals surface area contributed by atoms with E-state index in [0.717, 1.165) is 11.0 Å². The number of hydrogen-bond donors (Lipinski definition) is 0. The highest BCUT2D eigenvalue weighted by molar-refractivity contribution is 7.99. The molecule has 1 aromatic carbocycles. The highest BCUT2D eigenvalue weighted by Crippen LogP contribution is 2.32. The smallest absolute Gasteiger partial charge is 0.0976 e. The molecule has 0 saturated heterocycles. The van der Waals surface area contributed by atoms with Gasteiger partial charge in [0.05, 0.1) is 11.0 Å². The lowest BCUT2D eigenvalue weighted by Crippen LogP contribution is -1.88. The van der Waals surface area contributed by atoms with E-state index >= 15 is 0 Å². The monoisotopic (exact) mass is 272 g/mol. The van der Waals surface area contributed by atoms with Crippen molar-refractivity contribution in [2.24, 2.45) is 0 Å². The molecule has 2 nitrogen and oxygen atoms in total. The van der Waals surface area contributed by atoms with Crippen LogP contribution >= 0.6 is 23.5 Å². The van der Waals surface area contributed by atoms with Crippen molar-refractivity contribution in [3.8, 4) is 0 Å². The fourth-order valence-corrected chi connectivity index (χ4v) is 3.30. The van der Waals surface area contributed by atoms with Gasteiger partial charge in [0, 0.05) is 33.0 Å². The van der Waals surface area contributed by atoms with E-state index in [1.165, 1.54) is 20.6 Å². The molecule has 0 amide bonds. The fraction of sp³-hybridized carbons (Fsp3) is 0.143. The highest BCUT2D eigenvalue weighted by atomic mass is 32.2. The van der Waals surface area contributed by atoms with Gasteiger partial charge in [-0.15, -0.1) is 23.5 Å². The zero-order valence-corrected chi connectivity index (χ0v) is 11.8. The maximum atomic E-state index is 4.51. The number of pyridine rings is 2. The third-order valence-corrected chi connectivity index (χ3v) is 4.57. The second-order valence-electron chi connectivity index (χ2n) is 3.88. The summed E-state index contributed by atoms with van der Waals surface area (Å²) < 4.78 is 0. The molecule has 3 rings (SSSR count). The Hall–Kier alpha value is -1.26. The molecule has 0 saturated carbocycles. The molecule has 0 unspecified atom stereocenters. The molecule has 0 aliphatic carbocycles. The molecule has 0 aliphatic heterocycles. The van der Waals surface area contributed by atoms with Gasteiger partial charge in [0.25, 0.3) is 0 Å². The molecule has 0 N–H and O–H groups in total. The van der Waals surface area contributed by atoms with Gasteiger partial charge in [0.15, 0.2) is 0 Å². The van der Waals surface area contributed by atoms with Crippen molar-refractivity contribution in [1.82, 2.24) is 9.97 Å². The van der Waals surface area contributed by atoms with E-state index in [0.29, 0.717) is 0 Å². The number of rotatable bonds is 2. The minimum Gasteiger partial charge on any atom is -0.254 e. The summed E-state index contributed by atoms with van der Waals surface area (Å²) in [4.78, 5) is 11.5. The molecule has 0 atom stereocenters. The molecule has 0 radical (unpaired) electrons. The summed E-state index contributed by atoms with van der Waals surface area (Å²) in [5.74, 6) is 0. The Morgan fingerprint density at radius 2 is 1.17 bits per heavy atom. The second kappa shape index (κ2) is 4.78. The Morgan fingerprint density at radius 1 is 0.722 bits per heavy atom. The van der Waals surface area contributed by atoms with Crippen LogP contribution in [0.3, 0.4) is 0 Å². The van der Waals surface area contributed by atoms with E-state index in [1.807, 2.05) is 12.4 Å². The third-order valence-electron chi connectivity index (χ3n) is 2.98. The van der Waals surface area contributed by atoms with E-state index < -0.39 is 0 Å². The van der Waals surface area contributed by atoms with Gasteiger partial charge >= 0.3 is 0 Å². The topological polar surface area (TPSA) is 25.8 Å². The van der Waals surface area contributed by atoms with Crippen LogP contribution in [0.15, 0.2) is 46.5 Å². The molecule has 0 fully saturated rings. The normalized spacial score (nSPS) is 11.2. The molecular weight excluding hydrogens is 260 g/mol. The van der Waals surface area contributed by atoms with Crippen LogP contribution in [0, 0.1) is 0 Å². The Bertz CT molecular complexity index is 663. The summed E-state index contributed by atoms with van der Waals surface area (Å²) >= 11 is 3.49. The van der Waals surface area contributed by atoms with E-state index in [-0.39, 0.29) is 0 Å². The first kappa shape index (κ1) is 11.8. The number of fused-ring (bicyclic) bond motifs is 3. The van der Waals surface area contributed by atoms with Crippen molar-refractivity contribution < 1.29 is 0 Å². The molecule has 90 valence electrons. The minimum absolute atomic E-state index is 0.996. The van der Waals surface area contributed by atoms with Crippen LogP contribution in [-0.2, 0) is 0 Å². The zero-order chi connectivity index (χ0) is 12.5. The second-order valence-corrected chi connectivity index (χ2v) is 5.58. The Balaban J connectivity index is 2.47. The Morgan fingerprint density at radius 3 is 1.56 bits per heavy atom. The average molecular weight is 272 g/mol. The molecule has 2 heterocycles. The first-order chi connectivity index (χ1) is 8.85. The summed E-state index contributed by atoms with van der Waals surface area (Å²) in [6, 6.07) is 8.41. The predicted octanol–water partition coefficient (Wildman–Crippen LogP) is 4.23. The highest BCUT2D eigenvalue weighted by Gasteiger charge is 2.08. The van der Waals surface area contributed by atoms with Gasteiger partial charge in [0.1, 0.15) is 0 Å². The van der Waals surface area contributed by atoms with Crippen LogP contribution < -0.4 is 0 Å². The summed E-state index contributed by atoms with van der Waals surface area (Å²) in [6.45, 7) is 0. The quantitative estimate of drug-likeness (QED) is 0.515. The molecular formula is C14H12N2S2. The van der Waals surface area contributed by atoms with Crippen molar-refractivity contribution in [1.29, 1.82) is 0 Å². The summed E-state index contributed by atoms with van der Waals surface area (Å²) in [5, 5.41) is 2.37. The molecule has 0 bridgehead atoms. The number of benzene rings is 1. The van der Waals surface area contributed by atoms with Crippen molar-refractivity contribution in [2.75, 3.05) is 12.5 Å². The number of aromatic nitrogens is 2. The lowest BCUT2D eigenvalue weighted by molar-refractivity contribution is 1.32. The van der Waals surface area contributed by atoms with Gasteiger partial charge in [-0.1, -0.05) is 12.1 Å². The van der Waals surface area contributed by atoms with E-state index in [2.05, 4.69) is 46.7 Å². The van der Waals surface area contributed by atoms with E-state index in [1.54, 1.807) is 23.5 Å². The summed E-state index contributed by atoms with van der Waals surface area (Å²) in [7, 11) is 0. The van der Waals surface area contributed by atoms with Crippen LogP contribution in [0.5, 0.6) is 0 Å². The standard InChI is InChI=1S/C14H12N2S2/c1-17-11-5-7-15-13-9(11)3-4-10-12(18-2)6-8-16-14(10)13/h3-8H,1-2H3. The fourth-order valence-electron chi connectivity index (χ4n) is 2.13. The predicted molar refractivity (Wildman–Crippen MR) is 80.6 cm³/mol. The van der Waals surface area contributed by atoms with Gasteiger partial charge in [-0.3, -0.25) is 9.97 Å². The average Bonchev–Trinajstić information content (AvgIpc) is 2.45. The Kier molecular flexibility index (Phi) is 3.14. The maximum Gasteiger partial charge on any atom is 0.0976 e. The van der Waals surface area contributed by atoms with Gasteiger partial charge in [-0.05, 0) is 24.6 Å². The van der Waals surface area contributed by atoms with E-state index in [9.17, 15) is 0 Å². The van der Waals surface area contributed by atoms with Crippen LogP contribution in [0.1, 0.15) is 0 Å². The van der Waals surface area contributed by atoms with Gasteiger partial charge < -0.3 is 0 Å². The molecule has 18 heavy (non-hydrogen) atoms. The molecule has 0 aliphatic rings. The van der Waals surface area contributed by atoms with Crippen molar-refractivity contribution in [2.45, 2.75) is 9.79 Å². The van der Waals surface area contributed by atoms with Gasteiger partial charge in [0.2, 0.25) is 0 Å². The molecule has 2 aromatic heterocycles. The number of nitrogens with zero attached hydrogens (tertiary/aromatic N) is 2. The molecule has 4 heteroatoms. The lowest BCUT2D eigenvalue weighted by Gasteiger charge is -2.07. The van der Waals surface area contributed by atoms with Gasteiger partial charge in [-0.25, -0.2) is 0 Å². The van der Waals surface area contributed by atoms with Crippen LogP contribution in [-0.4, -0.2) is 22.5 Å². The molecule has 3 aromatic rings. The summed E-state index contributed by atoms with van der Waals surface area (Å²) in [6.07, 6.45) is 7.90. The van der Waals surface area contributed by atoms with Crippen LogP contribution in [0.4, 0.5) is 0 Å². The maximum absolute atomic E-state index is 4.51. The Labute approximate surface area is 114 Å². The van der Waals surface area contributed by atoms with Crippen LogP contribution in [0.25, 0.3) is 21.8 Å². The third kappa shape index (κ3) is 1.76. The SMILES string of the molecule is CSc1ccnc2c1ccc1c(SC)ccnc12. The first-order valence-corrected chi connectivity index (χ1v) is 8.04. The lowest BCUT2D eigenvalue weighted by atomic mass is 10.1. The summed E-state index contributed by atoms with van der Waals surface area (Å²) in [5.41, 5.74) is 1.99. The van der Waals surface area contributed by atoms with Crippen molar-refractivity contribution >= 4 is 45.3 Å². The largest absolute Gasteiger partial charge is 0.254 e. The number of thioether (sulfide) groups is 2. The molecule has 0 spiro atoms. The van der Waals surface area contributed by atoms with E-state index in [4.69, 9.17) is 0 Å². The van der Waals surface area contributed by atoms with Crippen LogP contribution in [0.2, 0.25) is 0 Å². The van der Waals surface area contributed by atoms with Crippen molar-refractivity contribution in [3.05, 3.63) is 36.7 Å². The van der Waals surface area contributed by atoms with Gasteiger partial charge in [-0.2, -0.15) is 0 Å². The van der Waals surface area contributed by atoms with Crippen molar-refractivity contribution in [3.63, 3.8) is 0 Å².